The van der Waals surface area contributed by atoms with Crippen molar-refractivity contribution in [2.24, 2.45) is 5.92 Å². The minimum Gasteiger partial charge on any atom is -0.491 e. The molecular weight excluding hydrogens is 260 g/mol. The van der Waals surface area contributed by atoms with E-state index in [4.69, 9.17) is 4.74 Å². The highest BCUT2D eigenvalue weighted by molar-refractivity contribution is 5.35. The largest absolute Gasteiger partial charge is 0.491 e. The van der Waals surface area contributed by atoms with Crippen LogP contribution in [0.15, 0.2) is 24.3 Å². The second kappa shape index (κ2) is 7.81. The molecule has 118 valence electrons. The van der Waals surface area contributed by atoms with E-state index >= 15 is 0 Å². The third-order valence-electron chi connectivity index (χ3n) is 4.30. The van der Waals surface area contributed by atoms with Gasteiger partial charge in [0.15, 0.2) is 0 Å². The molecule has 2 rings (SSSR count). The smallest absolute Gasteiger partial charge is 0.124 e. The van der Waals surface area contributed by atoms with Crippen molar-refractivity contribution in [3.8, 4) is 5.75 Å². The van der Waals surface area contributed by atoms with Gasteiger partial charge in [0.25, 0.3) is 0 Å². The summed E-state index contributed by atoms with van der Waals surface area (Å²) in [5.41, 5.74) is 1.26. The van der Waals surface area contributed by atoms with Gasteiger partial charge in [0, 0.05) is 11.6 Å². The maximum atomic E-state index is 5.93. The van der Waals surface area contributed by atoms with E-state index in [1.54, 1.807) is 0 Å². The summed E-state index contributed by atoms with van der Waals surface area (Å²) in [7, 11) is 2.21. The van der Waals surface area contributed by atoms with Crippen LogP contribution < -0.4 is 10.1 Å². The summed E-state index contributed by atoms with van der Waals surface area (Å²) in [4.78, 5) is 2.42. The van der Waals surface area contributed by atoms with Gasteiger partial charge in [-0.2, -0.15) is 0 Å². The van der Waals surface area contributed by atoms with E-state index in [1.165, 1.54) is 31.5 Å². The topological polar surface area (TPSA) is 24.5 Å². The summed E-state index contributed by atoms with van der Waals surface area (Å²) in [6.07, 6.45) is 2.83. The predicted octanol–water partition coefficient (Wildman–Crippen LogP) is 3.47. The number of piperidine rings is 1. The molecule has 1 unspecified atom stereocenters. The minimum atomic E-state index is 0.215. The van der Waals surface area contributed by atoms with Crippen LogP contribution in [0.4, 0.5) is 0 Å². The first kappa shape index (κ1) is 16.3. The molecular formula is C18H30N2O. The van der Waals surface area contributed by atoms with E-state index in [9.17, 15) is 0 Å². The molecule has 0 saturated carbocycles. The molecule has 1 aromatic carbocycles. The molecule has 0 bridgehead atoms. The second-order valence-corrected chi connectivity index (χ2v) is 6.58. The standard InChI is InChI=1S/C18H30N2O/c1-14(2)21-18-8-6-5-7-17(18)15(3)19-13-16-9-11-20(4)12-10-16/h5-8,14-16,19H,9-13H2,1-4H3. The van der Waals surface area contributed by atoms with Crippen molar-refractivity contribution in [2.45, 2.75) is 45.8 Å². The Hall–Kier alpha value is -1.06. The van der Waals surface area contributed by atoms with Crippen molar-refractivity contribution in [3.63, 3.8) is 0 Å². The first-order chi connectivity index (χ1) is 10.1. The Morgan fingerprint density at radius 3 is 2.52 bits per heavy atom. The zero-order valence-corrected chi connectivity index (χ0v) is 13.9. The molecule has 1 aliphatic heterocycles. The van der Waals surface area contributed by atoms with E-state index in [-0.39, 0.29) is 6.10 Å². The van der Waals surface area contributed by atoms with Crippen LogP contribution in [0.5, 0.6) is 5.75 Å². The molecule has 1 atom stereocenters. The lowest BCUT2D eigenvalue weighted by molar-refractivity contribution is 0.212. The molecule has 1 N–H and O–H groups in total. The van der Waals surface area contributed by atoms with Gasteiger partial charge in [-0.1, -0.05) is 18.2 Å². The van der Waals surface area contributed by atoms with Gasteiger partial charge in [-0.05, 0) is 72.3 Å². The number of nitrogens with zero attached hydrogens (tertiary/aromatic N) is 1. The van der Waals surface area contributed by atoms with Gasteiger partial charge in [0.2, 0.25) is 0 Å². The molecule has 0 amide bonds. The Balaban J connectivity index is 1.89. The van der Waals surface area contributed by atoms with Gasteiger partial charge < -0.3 is 15.0 Å². The average Bonchev–Trinajstić information content (AvgIpc) is 2.46. The number of rotatable bonds is 6. The predicted molar refractivity (Wildman–Crippen MR) is 88.8 cm³/mol. The van der Waals surface area contributed by atoms with Crippen LogP contribution in [0.2, 0.25) is 0 Å². The molecule has 3 heteroatoms. The first-order valence-corrected chi connectivity index (χ1v) is 8.23. The second-order valence-electron chi connectivity index (χ2n) is 6.58. The van der Waals surface area contributed by atoms with Crippen LogP contribution >= 0.6 is 0 Å². The zero-order valence-electron chi connectivity index (χ0n) is 13.9. The monoisotopic (exact) mass is 290 g/mol. The summed E-state index contributed by atoms with van der Waals surface area (Å²) in [6, 6.07) is 8.72. The van der Waals surface area contributed by atoms with Crippen LogP contribution in [0.25, 0.3) is 0 Å². The fourth-order valence-corrected chi connectivity index (χ4v) is 2.92. The zero-order chi connectivity index (χ0) is 15.2. The highest BCUT2D eigenvalue weighted by Gasteiger charge is 2.18. The molecule has 1 aliphatic rings. The lowest BCUT2D eigenvalue weighted by atomic mass is 9.96. The SMILES string of the molecule is CC(C)Oc1ccccc1C(C)NCC1CCN(C)CC1. The van der Waals surface area contributed by atoms with Crippen LogP contribution in [0.3, 0.4) is 0 Å². The summed E-state index contributed by atoms with van der Waals surface area (Å²) in [6.45, 7) is 9.95. The lowest BCUT2D eigenvalue weighted by Gasteiger charge is -2.30. The lowest BCUT2D eigenvalue weighted by Crippen LogP contribution is -2.35. The summed E-state index contributed by atoms with van der Waals surface area (Å²) < 4.78 is 5.93. The fourth-order valence-electron chi connectivity index (χ4n) is 2.92. The van der Waals surface area contributed by atoms with Gasteiger partial charge in [0.05, 0.1) is 6.10 Å². The third-order valence-corrected chi connectivity index (χ3v) is 4.30. The molecule has 3 nitrogen and oxygen atoms in total. The minimum absolute atomic E-state index is 0.215. The number of likely N-dealkylation sites (tertiary alicyclic amines) is 1. The van der Waals surface area contributed by atoms with Gasteiger partial charge in [-0.3, -0.25) is 0 Å². The highest BCUT2D eigenvalue weighted by Crippen LogP contribution is 2.26. The molecule has 21 heavy (non-hydrogen) atoms. The molecule has 1 aromatic rings. The van der Waals surface area contributed by atoms with Crippen LogP contribution in [-0.2, 0) is 0 Å². The van der Waals surface area contributed by atoms with Crippen LogP contribution in [-0.4, -0.2) is 37.7 Å². The maximum Gasteiger partial charge on any atom is 0.124 e. The van der Waals surface area contributed by atoms with Crippen LogP contribution in [0, 0.1) is 5.92 Å². The third kappa shape index (κ3) is 5.01. The van der Waals surface area contributed by atoms with Gasteiger partial charge in [-0.15, -0.1) is 0 Å². The van der Waals surface area contributed by atoms with Crippen molar-refractivity contribution in [3.05, 3.63) is 29.8 Å². The Kier molecular flexibility index (Phi) is 6.07. The Labute approximate surface area is 129 Å². The maximum absolute atomic E-state index is 5.93. The van der Waals surface area contributed by atoms with Crippen molar-refractivity contribution < 1.29 is 4.74 Å². The van der Waals surface area contributed by atoms with Crippen molar-refractivity contribution in [2.75, 3.05) is 26.7 Å². The number of para-hydroxylation sites is 1. The van der Waals surface area contributed by atoms with Crippen molar-refractivity contribution in [1.29, 1.82) is 0 Å². The van der Waals surface area contributed by atoms with Gasteiger partial charge >= 0.3 is 0 Å². The Morgan fingerprint density at radius 1 is 1.19 bits per heavy atom. The fraction of sp³-hybridized carbons (Fsp3) is 0.667. The van der Waals surface area contributed by atoms with E-state index in [0.717, 1.165) is 18.2 Å². The van der Waals surface area contributed by atoms with Crippen LogP contribution in [0.1, 0.15) is 45.2 Å². The normalized spacial score (nSPS) is 18.9. The number of hydrogen-bond acceptors (Lipinski definition) is 3. The van der Waals surface area contributed by atoms with Crippen molar-refractivity contribution in [1.82, 2.24) is 10.2 Å². The summed E-state index contributed by atoms with van der Waals surface area (Å²) in [5, 5.41) is 3.70. The Morgan fingerprint density at radius 2 is 1.86 bits per heavy atom. The number of hydrogen-bond donors (Lipinski definition) is 1. The molecule has 1 heterocycles. The molecule has 0 aromatic heterocycles. The summed E-state index contributed by atoms with van der Waals surface area (Å²) in [5.74, 6) is 1.82. The molecule has 0 radical (unpaired) electrons. The first-order valence-electron chi connectivity index (χ1n) is 8.23. The quantitative estimate of drug-likeness (QED) is 0.868. The highest BCUT2D eigenvalue weighted by atomic mass is 16.5. The molecule has 1 saturated heterocycles. The summed E-state index contributed by atoms with van der Waals surface area (Å²) >= 11 is 0. The van der Waals surface area contributed by atoms with E-state index in [2.05, 4.69) is 56.2 Å². The molecule has 0 spiro atoms. The van der Waals surface area contributed by atoms with E-state index in [1.807, 2.05) is 6.07 Å². The van der Waals surface area contributed by atoms with Crippen molar-refractivity contribution >= 4 is 0 Å². The van der Waals surface area contributed by atoms with E-state index < -0.39 is 0 Å². The number of nitrogens with one attached hydrogen (secondary N) is 1. The Bertz CT molecular complexity index is 425. The number of ether oxygens (including phenoxy) is 1. The molecule has 1 fully saturated rings. The van der Waals surface area contributed by atoms with Gasteiger partial charge in [-0.25, -0.2) is 0 Å². The van der Waals surface area contributed by atoms with E-state index in [0.29, 0.717) is 6.04 Å². The number of benzene rings is 1. The van der Waals surface area contributed by atoms with Gasteiger partial charge in [0.1, 0.15) is 5.75 Å². The average molecular weight is 290 g/mol. The molecule has 0 aliphatic carbocycles.